The van der Waals surface area contributed by atoms with Crippen molar-refractivity contribution in [2.75, 3.05) is 5.43 Å². The molecule has 29 heavy (non-hydrogen) atoms. The van der Waals surface area contributed by atoms with Crippen LogP contribution in [0.2, 0.25) is 0 Å². The maximum Gasteiger partial charge on any atom is 0.301 e. The molecule has 1 heterocycles. The van der Waals surface area contributed by atoms with Crippen molar-refractivity contribution < 1.29 is 9.85 Å². The Morgan fingerprint density at radius 3 is 2.38 bits per heavy atom. The van der Waals surface area contributed by atoms with Crippen LogP contribution in [0.4, 0.5) is 17.1 Å². The highest BCUT2D eigenvalue weighted by Gasteiger charge is 2.19. The first-order valence-corrected chi connectivity index (χ1v) is 8.37. The van der Waals surface area contributed by atoms with Crippen molar-refractivity contribution in [1.82, 2.24) is 9.36 Å². The standard InChI is InChI=1S/C18H16N6O5/c1-12-15(18(25)22(21(12)2)13-6-4-3-5-7-13)11-19-20-16-9-8-14(23(26)27)10-17(16)24(28)29/h3-11,20H,1-2H3/b19-11+. The Morgan fingerprint density at radius 1 is 1.07 bits per heavy atom. The number of para-hydroxylation sites is 1. The van der Waals surface area contributed by atoms with Gasteiger partial charge in [-0.25, -0.2) is 4.68 Å². The average molecular weight is 396 g/mol. The third kappa shape index (κ3) is 3.74. The van der Waals surface area contributed by atoms with E-state index in [4.69, 9.17) is 0 Å². The van der Waals surface area contributed by atoms with Gasteiger partial charge in [0.1, 0.15) is 5.69 Å². The van der Waals surface area contributed by atoms with Crippen LogP contribution in [0.5, 0.6) is 0 Å². The van der Waals surface area contributed by atoms with Gasteiger partial charge in [0.15, 0.2) is 0 Å². The van der Waals surface area contributed by atoms with E-state index in [0.29, 0.717) is 16.9 Å². The van der Waals surface area contributed by atoms with E-state index in [1.807, 2.05) is 18.2 Å². The number of non-ortho nitro benzene ring substituents is 1. The number of hydrogen-bond donors (Lipinski definition) is 1. The van der Waals surface area contributed by atoms with Gasteiger partial charge in [0.2, 0.25) is 0 Å². The molecule has 11 nitrogen and oxygen atoms in total. The molecule has 0 aliphatic heterocycles. The first kappa shape index (κ1) is 19.5. The lowest BCUT2D eigenvalue weighted by molar-refractivity contribution is -0.393. The molecule has 3 rings (SSSR count). The molecule has 0 aliphatic rings. The molecule has 1 N–H and O–H groups in total. The molecule has 1 aromatic heterocycles. The van der Waals surface area contributed by atoms with E-state index in [1.54, 1.807) is 30.8 Å². The van der Waals surface area contributed by atoms with Crippen molar-refractivity contribution >= 4 is 23.3 Å². The summed E-state index contributed by atoms with van der Waals surface area (Å²) in [5.74, 6) is 0. The van der Waals surface area contributed by atoms with Crippen LogP contribution in [0.3, 0.4) is 0 Å². The zero-order valence-corrected chi connectivity index (χ0v) is 15.5. The van der Waals surface area contributed by atoms with Crippen LogP contribution in [0.15, 0.2) is 58.4 Å². The summed E-state index contributed by atoms with van der Waals surface area (Å²) in [6.45, 7) is 1.75. The van der Waals surface area contributed by atoms with Crippen molar-refractivity contribution in [1.29, 1.82) is 0 Å². The summed E-state index contributed by atoms with van der Waals surface area (Å²) in [6.07, 6.45) is 1.27. The lowest BCUT2D eigenvalue weighted by atomic mass is 10.2. The van der Waals surface area contributed by atoms with Crippen molar-refractivity contribution in [3.05, 3.63) is 90.4 Å². The minimum atomic E-state index is -0.749. The number of nitrogens with zero attached hydrogens (tertiary/aromatic N) is 5. The molecule has 0 unspecified atom stereocenters. The average Bonchev–Trinajstić information content (AvgIpc) is 2.91. The monoisotopic (exact) mass is 396 g/mol. The molecule has 0 atom stereocenters. The Morgan fingerprint density at radius 2 is 1.76 bits per heavy atom. The predicted molar refractivity (Wildman–Crippen MR) is 107 cm³/mol. The first-order chi connectivity index (χ1) is 13.8. The molecule has 0 amide bonds. The van der Waals surface area contributed by atoms with Crippen LogP contribution in [0.25, 0.3) is 5.69 Å². The van der Waals surface area contributed by atoms with E-state index < -0.39 is 21.2 Å². The molecule has 0 aliphatic carbocycles. The second-order valence-corrected chi connectivity index (χ2v) is 6.06. The molecule has 2 aromatic carbocycles. The zero-order valence-electron chi connectivity index (χ0n) is 15.5. The molecule has 3 aromatic rings. The number of hydrazone groups is 1. The number of nitrogens with one attached hydrogen (secondary N) is 1. The third-order valence-electron chi connectivity index (χ3n) is 4.37. The van der Waals surface area contributed by atoms with Gasteiger partial charge in [0.25, 0.3) is 11.2 Å². The summed E-state index contributed by atoms with van der Waals surface area (Å²) in [7, 11) is 1.73. The Labute approximate surface area is 163 Å². The van der Waals surface area contributed by atoms with E-state index in [9.17, 15) is 25.0 Å². The molecule has 0 saturated heterocycles. The highest BCUT2D eigenvalue weighted by Crippen LogP contribution is 2.28. The SMILES string of the molecule is Cc1c(/C=N/Nc2ccc([N+](=O)[O-])cc2[N+](=O)[O-])c(=O)n(-c2ccccc2)n1C. The first-order valence-electron chi connectivity index (χ1n) is 8.37. The van der Waals surface area contributed by atoms with Crippen LogP contribution in [-0.4, -0.2) is 25.4 Å². The molecular weight excluding hydrogens is 380 g/mol. The maximum absolute atomic E-state index is 12.8. The normalized spacial score (nSPS) is 11.0. The second-order valence-electron chi connectivity index (χ2n) is 6.06. The van der Waals surface area contributed by atoms with Gasteiger partial charge in [-0.3, -0.25) is 35.1 Å². The molecule has 148 valence electrons. The number of anilines is 1. The molecular formula is C18H16N6O5. The third-order valence-corrected chi connectivity index (χ3v) is 4.37. The smallest absolute Gasteiger partial charge is 0.285 e. The fraction of sp³-hybridized carbons (Fsp3) is 0.111. The zero-order chi connectivity index (χ0) is 21.1. The number of hydrogen-bond acceptors (Lipinski definition) is 7. The van der Waals surface area contributed by atoms with Crippen LogP contribution in [0, 0.1) is 27.2 Å². The summed E-state index contributed by atoms with van der Waals surface area (Å²) in [4.78, 5) is 33.3. The second kappa shape index (κ2) is 7.76. The fourth-order valence-corrected chi connectivity index (χ4v) is 2.78. The van der Waals surface area contributed by atoms with E-state index in [2.05, 4.69) is 10.5 Å². The van der Waals surface area contributed by atoms with Crippen molar-refractivity contribution in [2.45, 2.75) is 6.92 Å². The van der Waals surface area contributed by atoms with Gasteiger partial charge in [-0.15, -0.1) is 0 Å². The van der Waals surface area contributed by atoms with Crippen LogP contribution < -0.4 is 11.0 Å². The molecule has 0 saturated carbocycles. The lowest BCUT2D eigenvalue weighted by Crippen LogP contribution is -2.20. The predicted octanol–water partition coefficient (Wildman–Crippen LogP) is 2.75. The lowest BCUT2D eigenvalue weighted by Gasteiger charge is -2.07. The minimum absolute atomic E-state index is 0.0335. The molecule has 0 fully saturated rings. The minimum Gasteiger partial charge on any atom is -0.285 e. The van der Waals surface area contributed by atoms with Crippen molar-refractivity contribution in [2.24, 2.45) is 12.1 Å². The summed E-state index contributed by atoms with van der Waals surface area (Å²) in [5.41, 5.74) is 2.86. The quantitative estimate of drug-likeness (QED) is 0.386. The van der Waals surface area contributed by atoms with Gasteiger partial charge in [-0.2, -0.15) is 5.10 Å². The van der Waals surface area contributed by atoms with Gasteiger partial charge in [0, 0.05) is 18.8 Å². The van der Waals surface area contributed by atoms with Crippen molar-refractivity contribution in [3.63, 3.8) is 0 Å². The molecule has 0 spiro atoms. The largest absolute Gasteiger partial charge is 0.301 e. The summed E-state index contributed by atoms with van der Waals surface area (Å²) < 4.78 is 3.15. The number of nitro benzene ring substituents is 2. The molecule has 0 radical (unpaired) electrons. The number of benzene rings is 2. The van der Waals surface area contributed by atoms with Crippen LogP contribution in [-0.2, 0) is 7.05 Å². The Bertz CT molecular complexity index is 1180. The number of rotatable bonds is 6. The fourth-order valence-electron chi connectivity index (χ4n) is 2.78. The van der Waals surface area contributed by atoms with Crippen LogP contribution in [0.1, 0.15) is 11.3 Å². The van der Waals surface area contributed by atoms with Gasteiger partial charge >= 0.3 is 5.69 Å². The Balaban J connectivity index is 1.93. The highest BCUT2D eigenvalue weighted by molar-refractivity contribution is 5.82. The topological polar surface area (TPSA) is 138 Å². The maximum atomic E-state index is 12.8. The van der Waals surface area contributed by atoms with Gasteiger partial charge in [0.05, 0.1) is 33.4 Å². The Hall–Kier alpha value is -4.28. The number of aromatic nitrogens is 2. The van der Waals surface area contributed by atoms with E-state index in [-0.39, 0.29) is 11.2 Å². The summed E-state index contributed by atoms with van der Waals surface area (Å²) in [5, 5.41) is 25.9. The number of nitro groups is 2. The van der Waals surface area contributed by atoms with Gasteiger partial charge in [-0.1, -0.05) is 18.2 Å². The van der Waals surface area contributed by atoms with E-state index in [1.165, 1.54) is 17.0 Å². The highest BCUT2D eigenvalue weighted by atomic mass is 16.6. The van der Waals surface area contributed by atoms with Crippen LogP contribution >= 0.6 is 0 Å². The summed E-state index contributed by atoms with van der Waals surface area (Å²) in [6, 6.07) is 12.2. The van der Waals surface area contributed by atoms with Gasteiger partial charge in [-0.05, 0) is 25.1 Å². The Kier molecular flexibility index (Phi) is 5.21. The molecule has 0 bridgehead atoms. The van der Waals surface area contributed by atoms with Gasteiger partial charge < -0.3 is 0 Å². The van der Waals surface area contributed by atoms with E-state index in [0.717, 1.165) is 12.1 Å². The van der Waals surface area contributed by atoms with E-state index >= 15 is 0 Å². The van der Waals surface area contributed by atoms with Crippen molar-refractivity contribution in [3.8, 4) is 5.69 Å². The molecule has 11 heteroatoms. The summed E-state index contributed by atoms with van der Waals surface area (Å²) >= 11 is 0.